The predicted octanol–water partition coefficient (Wildman–Crippen LogP) is 3.12. The lowest BCUT2D eigenvalue weighted by Crippen LogP contribution is -2.39. The molecule has 3 heterocycles. The largest absolute Gasteiger partial charge is 0.496 e. The lowest BCUT2D eigenvalue weighted by molar-refractivity contribution is 0.0951. The van der Waals surface area contributed by atoms with Gasteiger partial charge in [0.2, 0.25) is 10.0 Å². The number of carbonyl (C=O) groups excluding carboxylic acids is 1. The van der Waals surface area contributed by atoms with Crippen LogP contribution in [0.5, 0.6) is 5.75 Å². The zero-order chi connectivity index (χ0) is 26.2. The minimum atomic E-state index is -3.19. The van der Waals surface area contributed by atoms with Crippen LogP contribution in [0.2, 0.25) is 0 Å². The molecule has 36 heavy (non-hydrogen) atoms. The molecule has 10 heteroatoms. The summed E-state index contributed by atoms with van der Waals surface area (Å²) in [5.74, 6) is 0.456. The number of hydrogen-bond donors (Lipinski definition) is 2. The van der Waals surface area contributed by atoms with E-state index in [0.717, 1.165) is 29.4 Å². The molecule has 0 aliphatic carbocycles. The standard InChI is InChI=1S/C26H34N4O5S/c1-16-14-23(35-4)21(25(31)28-16)15-27-26(32)24-18(3)30(22-9-7-6-8-20(22)24)17(2)19-10-12-29(13-11-19)36(5,33)34/h6-9,14,17,19H,10-13,15H2,1-5H3,(H,27,32)(H,28,31). The van der Waals surface area contributed by atoms with Crippen molar-refractivity contribution < 1.29 is 17.9 Å². The molecule has 1 aliphatic rings. The van der Waals surface area contributed by atoms with Gasteiger partial charge in [-0.2, -0.15) is 0 Å². The Labute approximate surface area is 211 Å². The average molecular weight is 515 g/mol. The lowest BCUT2D eigenvalue weighted by Gasteiger charge is -2.35. The van der Waals surface area contributed by atoms with E-state index in [9.17, 15) is 18.0 Å². The van der Waals surface area contributed by atoms with E-state index in [1.54, 1.807) is 13.0 Å². The summed E-state index contributed by atoms with van der Waals surface area (Å²) in [7, 11) is -1.69. The Morgan fingerprint density at radius 1 is 1.22 bits per heavy atom. The normalized spacial score (nSPS) is 16.2. The van der Waals surface area contributed by atoms with E-state index in [2.05, 4.69) is 21.8 Å². The number of nitrogens with zero attached hydrogens (tertiary/aromatic N) is 2. The quantitative estimate of drug-likeness (QED) is 0.503. The molecule has 0 radical (unpaired) electrons. The molecule has 1 unspecified atom stereocenters. The van der Waals surface area contributed by atoms with E-state index in [0.29, 0.717) is 35.7 Å². The Hall–Kier alpha value is -3.11. The van der Waals surface area contributed by atoms with Crippen LogP contribution in [0.4, 0.5) is 0 Å². The third kappa shape index (κ3) is 4.92. The van der Waals surface area contributed by atoms with Gasteiger partial charge in [-0.15, -0.1) is 0 Å². The lowest BCUT2D eigenvalue weighted by atomic mass is 9.91. The van der Waals surface area contributed by atoms with E-state index < -0.39 is 10.0 Å². The van der Waals surface area contributed by atoms with E-state index in [-0.39, 0.29) is 30.0 Å². The highest BCUT2D eigenvalue weighted by molar-refractivity contribution is 7.88. The second-order valence-electron chi connectivity index (χ2n) is 9.60. The monoisotopic (exact) mass is 514 g/mol. The maximum absolute atomic E-state index is 13.4. The highest BCUT2D eigenvalue weighted by Crippen LogP contribution is 2.36. The number of aryl methyl sites for hydroxylation is 1. The SMILES string of the molecule is COc1cc(C)[nH]c(=O)c1CNC(=O)c1c(C)n(C(C)C2CCN(S(C)(=O)=O)CC2)c2ccccc12. The first-order valence-electron chi connectivity index (χ1n) is 12.1. The first-order chi connectivity index (χ1) is 17.0. The predicted molar refractivity (Wildman–Crippen MR) is 140 cm³/mol. The van der Waals surface area contributed by atoms with Crippen molar-refractivity contribution in [1.29, 1.82) is 0 Å². The first-order valence-corrected chi connectivity index (χ1v) is 14.0. The third-order valence-corrected chi connectivity index (χ3v) is 8.62. The van der Waals surface area contributed by atoms with Gasteiger partial charge in [0, 0.05) is 41.4 Å². The highest BCUT2D eigenvalue weighted by atomic mass is 32.2. The van der Waals surface area contributed by atoms with Crippen LogP contribution in [0.1, 0.15) is 53.1 Å². The number of nitrogens with one attached hydrogen (secondary N) is 2. The van der Waals surface area contributed by atoms with Gasteiger partial charge < -0.3 is 19.6 Å². The molecular formula is C26H34N4O5S. The number of amides is 1. The molecule has 1 aliphatic heterocycles. The average Bonchev–Trinajstić information content (AvgIpc) is 3.13. The molecule has 1 atom stereocenters. The number of carbonyl (C=O) groups is 1. The number of fused-ring (bicyclic) bond motifs is 1. The van der Waals surface area contributed by atoms with Crippen LogP contribution in [0.25, 0.3) is 10.9 Å². The number of sulfonamides is 1. The summed E-state index contributed by atoms with van der Waals surface area (Å²) in [5, 5.41) is 3.76. The molecule has 0 saturated carbocycles. The van der Waals surface area contributed by atoms with Crippen LogP contribution < -0.4 is 15.6 Å². The summed E-state index contributed by atoms with van der Waals surface area (Å²) >= 11 is 0. The summed E-state index contributed by atoms with van der Waals surface area (Å²) in [6.07, 6.45) is 2.78. The van der Waals surface area contributed by atoms with Crippen LogP contribution in [-0.2, 0) is 16.6 Å². The second-order valence-corrected chi connectivity index (χ2v) is 11.6. The number of piperidine rings is 1. The van der Waals surface area contributed by atoms with Crippen molar-refractivity contribution in [2.45, 2.75) is 46.2 Å². The smallest absolute Gasteiger partial charge is 0.256 e. The molecule has 194 valence electrons. The fourth-order valence-corrected chi connectivity index (χ4v) is 6.27. The topological polar surface area (TPSA) is 114 Å². The molecule has 4 rings (SSSR count). The van der Waals surface area contributed by atoms with Crippen molar-refractivity contribution in [1.82, 2.24) is 19.2 Å². The number of H-pyrrole nitrogens is 1. The van der Waals surface area contributed by atoms with Gasteiger partial charge >= 0.3 is 0 Å². The zero-order valence-electron chi connectivity index (χ0n) is 21.4. The fraction of sp³-hybridized carbons (Fsp3) is 0.462. The summed E-state index contributed by atoms with van der Waals surface area (Å²) in [6.45, 7) is 6.90. The minimum absolute atomic E-state index is 0.0378. The molecule has 1 aromatic carbocycles. The number of benzene rings is 1. The Morgan fingerprint density at radius 2 is 1.89 bits per heavy atom. The Kier molecular flexibility index (Phi) is 7.28. The van der Waals surface area contributed by atoms with Crippen molar-refractivity contribution in [3.05, 3.63) is 63.2 Å². The van der Waals surface area contributed by atoms with E-state index in [1.165, 1.54) is 17.7 Å². The number of aromatic amines is 1. The molecule has 2 aromatic heterocycles. The summed E-state index contributed by atoms with van der Waals surface area (Å²) in [5.41, 5.74) is 3.14. The van der Waals surface area contributed by atoms with Crippen LogP contribution in [0, 0.1) is 19.8 Å². The Balaban J connectivity index is 1.62. The number of para-hydroxylation sites is 1. The van der Waals surface area contributed by atoms with Crippen LogP contribution in [-0.4, -0.2) is 54.6 Å². The van der Waals surface area contributed by atoms with Gasteiger partial charge in [0.25, 0.3) is 11.5 Å². The number of hydrogen-bond acceptors (Lipinski definition) is 5. The van der Waals surface area contributed by atoms with Gasteiger partial charge in [-0.3, -0.25) is 9.59 Å². The van der Waals surface area contributed by atoms with E-state index in [4.69, 9.17) is 4.74 Å². The first kappa shape index (κ1) is 26.0. The van der Waals surface area contributed by atoms with Crippen molar-refractivity contribution in [3.63, 3.8) is 0 Å². The van der Waals surface area contributed by atoms with Crippen LogP contribution in [0.3, 0.4) is 0 Å². The van der Waals surface area contributed by atoms with Crippen molar-refractivity contribution in [3.8, 4) is 5.75 Å². The van der Waals surface area contributed by atoms with Gasteiger partial charge in [-0.1, -0.05) is 18.2 Å². The van der Waals surface area contributed by atoms with Crippen molar-refractivity contribution in [2.24, 2.45) is 5.92 Å². The van der Waals surface area contributed by atoms with Crippen molar-refractivity contribution >= 4 is 26.8 Å². The molecule has 9 nitrogen and oxygen atoms in total. The van der Waals surface area contributed by atoms with Crippen molar-refractivity contribution in [2.75, 3.05) is 26.5 Å². The van der Waals surface area contributed by atoms with Crippen LogP contribution in [0.15, 0.2) is 35.1 Å². The molecule has 0 spiro atoms. The number of ether oxygens (including phenoxy) is 1. The summed E-state index contributed by atoms with van der Waals surface area (Å²) in [6, 6.07) is 9.62. The van der Waals surface area contributed by atoms with Crippen LogP contribution >= 0.6 is 0 Å². The van der Waals surface area contributed by atoms with Gasteiger partial charge in [0.15, 0.2) is 0 Å². The summed E-state index contributed by atoms with van der Waals surface area (Å²) in [4.78, 5) is 28.7. The van der Waals surface area contributed by atoms with E-state index in [1.807, 2.05) is 31.2 Å². The number of pyridine rings is 1. The summed E-state index contributed by atoms with van der Waals surface area (Å²) < 4.78 is 32.9. The zero-order valence-corrected chi connectivity index (χ0v) is 22.2. The van der Waals surface area contributed by atoms with Gasteiger partial charge in [-0.05, 0) is 51.7 Å². The number of rotatable bonds is 7. The van der Waals surface area contributed by atoms with Gasteiger partial charge in [0.05, 0.1) is 31.0 Å². The molecule has 1 saturated heterocycles. The molecule has 0 bridgehead atoms. The molecular weight excluding hydrogens is 480 g/mol. The maximum atomic E-state index is 13.4. The number of methoxy groups -OCH3 is 1. The Morgan fingerprint density at radius 3 is 2.53 bits per heavy atom. The maximum Gasteiger partial charge on any atom is 0.256 e. The molecule has 3 aromatic rings. The second kappa shape index (κ2) is 10.1. The van der Waals surface area contributed by atoms with Gasteiger partial charge in [0.1, 0.15) is 5.75 Å². The van der Waals surface area contributed by atoms with Gasteiger partial charge in [-0.25, -0.2) is 12.7 Å². The molecule has 1 amide bonds. The molecule has 1 fully saturated rings. The number of aromatic nitrogens is 2. The third-order valence-electron chi connectivity index (χ3n) is 7.32. The Bertz CT molecular complexity index is 1450. The minimum Gasteiger partial charge on any atom is -0.496 e. The fourth-order valence-electron chi connectivity index (χ4n) is 5.40. The highest BCUT2D eigenvalue weighted by Gasteiger charge is 2.31. The van der Waals surface area contributed by atoms with E-state index >= 15 is 0 Å². The molecule has 2 N–H and O–H groups in total.